The molecule has 0 atom stereocenters. The summed E-state index contributed by atoms with van der Waals surface area (Å²) in [7, 11) is -3.74. The molecule has 0 saturated carbocycles. The number of hydrogen-bond donors (Lipinski definition) is 3. The Balaban J connectivity index is 2.28. The van der Waals surface area contributed by atoms with Gasteiger partial charge in [0.1, 0.15) is 10.7 Å². The van der Waals surface area contributed by atoms with Gasteiger partial charge in [0, 0.05) is 18.4 Å². The van der Waals surface area contributed by atoms with Crippen molar-refractivity contribution < 1.29 is 12.8 Å². The minimum absolute atomic E-state index is 0.0638. The average Bonchev–Trinajstić information content (AvgIpc) is 2.83. The molecule has 1 aromatic heterocycles. The number of nitrogens with two attached hydrogens (primary N) is 1. The van der Waals surface area contributed by atoms with Gasteiger partial charge in [0.25, 0.3) is 10.0 Å². The molecule has 0 unspecified atom stereocenters. The number of nitrogens with one attached hydrogen (secondary N) is 2. The number of rotatable bonds is 4. The summed E-state index contributed by atoms with van der Waals surface area (Å²) in [4.78, 5) is 2.81. The number of aryl methyl sites for hydroxylation is 1. The van der Waals surface area contributed by atoms with Crippen molar-refractivity contribution in [3.63, 3.8) is 0 Å². The predicted octanol–water partition coefficient (Wildman–Crippen LogP) is 1.72. The van der Waals surface area contributed by atoms with E-state index in [0.717, 1.165) is 6.07 Å². The highest BCUT2D eigenvalue weighted by molar-refractivity contribution is 7.92. The fraction of sp³-hybridized carbons (Fsp3) is 0.167. The van der Waals surface area contributed by atoms with Gasteiger partial charge in [0.05, 0.1) is 5.69 Å². The molecule has 1 aromatic carbocycles. The van der Waals surface area contributed by atoms with Crippen LogP contribution in [0.5, 0.6) is 0 Å². The number of hydrogen-bond acceptors (Lipinski definition) is 3. The third-order valence-electron chi connectivity index (χ3n) is 2.67. The molecule has 0 radical (unpaired) electrons. The molecule has 4 N–H and O–H groups in total. The van der Waals surface area contributed by atoms with Gasteiger partial charge in [-0.15, -0.1) is 0 Å². The van der Waals surface area contributed by atoms with Crippen LogP contribution in [-0.2, 0) is 16.6 Å². The second kappa shape index (κ2) is 5.02. The lowest BCUT2D eigenvalue weighted by Crippen LogP contribution is -2.12. The predicted molar refractivity (Wildman–Crippen MR) is 70.6 cm³/mol. The molecule has 19 heavy (non-hydrogen) atoms. The molecular weight excluding hydrogens is 269 g/mol. The summed E-state index contributed by atoms with van der Waals surface area (Å²) in [5.41, 5.74) is 6.64. The summed E-state index contributed by atoms with van der Waals surface area (Å²) in [5, 5.41) is 0. The summed E-state index contributed by atoms with van der Waals surface area (Å²) < 4.78 is 39.7. The van der Waals surface area contributed by atoms with E-state index in [4.69, 9.17) is 5.73 Å². The summed E-state index contributed by atoms with van der Waals surface area (Å²) >= 11 is 0. The van der Waals surface area contributed by atoms with Gasteiger partial charge < -0.3 is 10.7 Å². The van der Waals surface area contributed by atoms with Crippen LogP contribution in [0.3, 0.4) is 0 Å². The molecule has 5 nitrogen and oxygen atoms in total. The zero-order valence-corrected chi connectivity index (χ0v) is 11.1. The molecule has 0 spiro atoms. The molecule has 0 aliphatic rings. The van der Waals surface area contributed by atoms with Crippen LogP contribution >= 0.6 is 0 Å². The molecule has 0 aliphatic carbocycles. The standard InChI is InChI=1S/C12H14FN3O2S/c1-8-2-3-9(5-12(8)13)16-19(17,18)11-4-10(6-14)15-7-11/h2-5,7,15-16H,6,14H2,1H3. The summed E-state index contributed by atoms with van der Waals surface area (Å²) in [6.07, 6.45) is 1.34. The van der Waals surface area contributed by atoms with E-state index in [1.54, 1.807) is 6.92 Å². The highest BCUT2D eigenvalue weighted by Crippen LogP contribution is 2.19. The highest BCUT2D eigenvalue weighted by Gasteiger charge is 2.16. The van der Waals surface area contributed by atoms with Gasteiger partial charge in [-0.25, -0.2) is 12.8 Å². The van der Waals surface area contributed by atoms with Gasteiger partial charge in [-0.3, -0.25) is 4.72 Å². The topological polar surface area (TPSA) is 88.0 Å². The molecule has 0 aliphatic heterocycles. The lowest BCUT2D eigenvalue weighted by molar-refractivity contribution is 0.601. The van der Waals surface area contributed by atoms with E-state index in [1.165, 1.54) is 24.4 Å². The number of aromatic amines is 1. The Bertz CT molecular complexity index is 695. The van der Waals surface area contributed by atoms with Crippen molar-refractivity contribution in [3.05, 3.63) is 47.5 Å². The quantitative estimate of drug-likeness (QED) is 0.798. The second-order valence-corrected chi connectivity index (χ2v) is 5.82. The fourth-order valence-electron chi connectivity index (χ4n) is 1.56. The smallest absolute Gasteiger partial charge is 0.263 e. The number of aromatic nitrogens is 1. The van der Waals surface area contributed by atoms with Crippen molar-refractivity contribution in [1.82, 2.24) is 4.98 Å². The monoisotopic (exact) mass is 283 g/mol. The van der Waals surface area contributed by atoms with Crippen molar-refractivity contribution in [3.8, 4) is 0 Å². The maximum atomic E-state index is 13.4. The van der Waals surface area contributed by atoms with Crippen LogP contribution < -0.4 is 10.5 Å². The Kier molecular flexibility index (Phi) is 3.59. The first-order valence-corrected chi connectivity index (χ1v) is 7.07. The minimum Gasteiger partial charge on any atom is -0.363 e. The molecule has 2 aromatic rings. The molecule has 0 fully saturated rings. The van der Waals surface area contributed by atoms with Crippen LogP contribution in [0.1, 0.15) is 11.3 Å². The van der Waals surface area contributed by atoms with Crippen LogP contribution in [0.15, 0.2) is 35.4 Å². The van der Waals surface area contributed by atoms with E-state index >= 15 is 0 Å². The van der Waals surface area contributed by atoms with Crippen molar-refractivity contribution in [2.24, 2.45) is 5.73 Å². The molecule has 0 amide bonds. The average molecular weight is 283 g/mol. The first-order valence-electron chi connectivity index (χ1n) is 5.59. The SMILES string of the molecule is Cc1ccc(NS(=O)(=O)c2c[nH]c(CN)c2)cc1F. The lowest BCUT2D eigenvalue weighted by Gasteiger charge is -2.07. The summed E-state index contributed by atoms with van der Waals surface area (Å²) in [6, 6.07) is 5.60. The van der Waals surface area contributed by atoms with Crippen molar-refractivity contribution >= 4 is 15.7 Å². The Morgan fingerprint density at radius 1 is 1.37 bits per heavy atom. The second-order valence-electron chi connectivity index (χ2n) is 4.13. The normalized spacial score (nSPS) is 11.5. The first kappa shape index (κ1) is 13.6. The Morgan fingerprint density at radius 3 is 2.68 bits per heavy atom. The molecule has 102 valence electrons. The van der Waals surface area contributed by atoms with E-state index in [-0.39, 0.29) is 17.1 Å². The van der Waals surface area contributed by atoms with E-state index in [9.17, 15) is 12.8 Å². The molecule has 1 heterocycles. The van der Waals surface area contributed by atoms with Gasteiger partial charge in [-0.05, 0) is 30.7 Å². The van der Waals surface area contributed by atoms with Crippen molar-refractivity contribution in [2.75, 3.05) is 4.72 Å². The molecule has 7 heteroatoms. The molecular formula is C12H14FN3O2S. The zero-order valence-electron chi connectivity index (χ0n) is 10.3. The number of anilines is 1. The first-order chi connectivity index (χ1) is 8.92. The van der Waals surface area contributed by atoms with Gasteiger partial charge in [-0.2, -0.15) is 0 Å². The van der Waals surface area contributed by atoms with Crippen LogP contribution in [-0.4, -0.2) is 13.4 Å². The maximum Gasteiger partial charge on any atom is 0.263 e. The fourth-order valence-corrected chi connectivity index (χ4v) is 2.63. The highest BCUT2D eigenvalue weighted by atomic mass is 32.2. The van der Waals surface area contributed by atoms with E-state index < -0.39 is 15.8 Å². The molecule has 0 saturated heterocycles. The van der Waals surface area contributed by atoms with Crippen LogP contribution in [0.25, 0.3) is 0 Å². The van der Waals surface area contributed by atoms with Crippen LogP contribution in [0.2, 0.25) is 0 Å². The number of H-pyrrole nitrogens is 1. The third-order valence-corrected chi connectivity index (χ3v) is 4.03. The largest absolute Gasteiger partial charge is 0.363 e. The summed E-state index contributed by atoms with van der Waals surface area (Å²) in [6.45, 7) is 1.82. The van der Waals surface area contributed by atoms with Gasteiger partial charge in [0.2, 0.25) is 0 Å². The number of halogens is 1. The van der Waals surface area contributed by atoms with Crippen LogP contribution in [0.4, 0.5) is 10.1 Å². The van der Waals surface area contributed by atoms with Crippen LogP contribution in [0, 0.1) is 12.7 Å². The number of benzene rings is 1. The van der Waals surface area contributed by atoms with Crippen molar-refractivity contribution in [2.45, 2.75) is 18.4 Å². The van der Waals surface area contributed by atoms with E-state index in [2.05, 4.69) is 9.71 Å². The zero-order chi connectivity index (χ0) is 14.0. The van der Waals surface area contributed by atoms with Gasteiger partial charge in [0.15, 0.2) is 0 Å². The Morgan fingerprint density at radius 2 is 2.11 bits per heavy atom. The molecule has 2 rings (SSSR count). The maximum absolute atomic E-state index is 13.4. The Hall–Kier alpha value is -1.86. The Labute approximate surface area is 110 Å². The van der Waals surface area contributed by atoms with Gasteiger partial charge in [-0.1, -0.05) is 6.07 Å². The van der Waals surface area contributed by atoms with Crippen molar-refractivity contribution in [1.29, 1.82) is 0 Å². The summed E-state index contributed by atoms with van der Waals surface area (Å²) in [5.74, 6) is -0.461. The third kappa shape index (κ3) is 2.94. The number of sulfonamides is 1. The van der Waals surface area contributed by atoms with E-state index in [0.29, 0.717) is 11.3 Å². The minimum atomic E-state index is -3.74. The van der Waals surface area contributed by atoms with E-state index in [1.807, 2.05) is 0 Å². The molecule has 0 bridgehead atoms. The van der Waals surface area contributed by atoms with Gasteiger partial charge >= 0.3 is 0 Å². The lowest BCUT2D eigenvalue weighted by atomic mass is 10.2.